The van der Waals surface area contributed by atoms with Crippen molar-refractivity contribution in [2.45, 2.75) is 18.4 Å². The Kier molecular flexibility index (Phi) is 7.79. The molecule has 0 bridgehead atoms. The molecule has 3 aromatic carbocycles. The zero-order valence-electron chi connectivity index (χ0n) is 17.3. The van der Waals surface area contributed by atoms with Crippen molar-refractivity contribution >= 4 is 49.1 Å². The van der Waals surface area contributed by atoms with Gasteiger partial charge in [-0.2, -0.15) is 4.31 Å². The van der Waals surface area contributed by atoms with E-state index in [1.807, 2.05) is 30.3 Å². The fourth-order valence-electron chi connectivity index (χ4n) is 2.97. The molecule has 0 fully saturated rings. The van der Waals surface area contributed by atoms with Crippen LogP contribution in [0.1, 0.15) is 12.5 Å². The number of benzene rings is 3. The quantitative estimate of drug-likeness (QED) is 0.469. The van der Waals surface area contributed by atoms with Gasteiger partial charge in [0.25, 0.3) is 0 Å². The highest BCUT2D eigenvalue weighted by atomic mass is 79.9. The fourth-order valence-corrected chi connectivity index (χ4v) is 4.62. The fraction of sp³-hybridized carbons (Fsp3) is 0.130. The Hall–Kier alpha value is -3.01. The van der Waals surface area contributed by atoms with Crippen LogP contribution in [-0.4, -0.2) is 31.1 Å². The van der Waals surface area contributed by atoms with Crippen LogP contribution in [0.25, 0.3) is 0 Å². The summed E-state index contributed by atoms with van der Waals surface area (Å²) in [5.41, 5.74) is 1.85. The van der Waals surface area contributed by atoms with Gasteiger partial charge in [0.2, 0.25) is 21.8 Å². The van der Waals surface area contributed by atoms with Crippen LogP contribution in [-0.2, 0) is 26.2 Å². The summed E-state index contributed by atoms with van der Waals surface area (Å²) in [6.07, 6.45) is 0. The molecule has 0 unspecified atom stereocenters. The average Bonchev–Trinajstić information content (AvgIpc) is 2.75. The molecule has 2 amide bonds. The second kappa shape index (κ2) is 10.5. The molecular formula is C23H22BrN3O4S. The molecule has 32 heavy (non-hydrogen) atoms. The lowest BCUT2D eigenvalue weighted by atomic mass is 10.2. The topological polar surface area (TPSA) is 95.6 Å². The standard InChI is InChI=1S/C23H22BrN3O4S/c1-17(28)25-20-9-11-21(12-10-20)26-23(29)16-27(15-18-5-3-2-4-6-18)32(30,31)22-13-7-19(24)8-14-22/h2-14H,15-16H2,1H3,(H,25,28)(H,26,29). The second-order valence-electron chi connectivity index (χ2n) is 7.02. The smallest absolute Gasteiger partial charge is 0.243 e. The number of hydrogen-bond donors (Lipinski definition) is 2. The third kappa shape index (κ3) is 6.49. The molecule has 0 heterocycles. The number of rotatable bonds is 8. The van der Waals surface area contributed by atoms with Gasteiger partial charge in [-0.3, -0.25) is 9.59 Å². The van der Waals surface area contributed by atoms with Gasteiger partial charge in [-0.1, -0.05) is 46.3 Å². The Morgan fingerprint density at radius 3 is 1.97 bits per heavy atom. The van der Waals surface area contributed by atoms with Crippen molar-refractivity contribution in [2.24, 2.45) is 0 Å². The van der Waals surface area contributed by atoms with Gasteiger partial charge >= 0.3 is 0 Å². The van der Waals surface area contributed by atoms with Gasteiger partial charge in [-0.05, 0) is 54.1 Å². The van der Waals surface area contributed by atoms with E-state index >= 15 is 0 Å². The summed E-state index contributed by atoms with van der Waals surface area (Å²) >= 11 is 3.30. The minimum atomic E-state index is -3.92. The van der Waals surface area contributed by atoms with E-state index in [0.717, 1.165) is 14.3 Å². The van der Waals surface area contributed by atoms with Crippen LogP contribution in [0.5, 0.6) is 0 Å². The molecule has 166 valence electrons. The summed E-state index contributed by atoms with van der Waals surface area (Å²) in [5, 5.41) is 5.35. The Morgan fingerprint density at radius 2 is 1.41 bits per heavy atom. The number of carbonyl (C=O) groups is 2. The Balaban J connectivity index is 1.79. The predicted molar refractivity (Wildman–Crippen MR) is 128 cm³/mol. The molecule has 2 N–H and O–H groups in total. The molecule has 9 heteroatoms. The molecule has 3 rings (SSSR count). The molecule has 0 aliphatic heterocycles. The van der Waals surface area contributed by atoms with Gasteiger partial charge in [0.05, 0.1) is 11.4 Å². The van der Waals surface area contributed by atoms with Crippen LogP contribution in [0.4, 0.5) is 11.4 Å². The zero-order valence-corrected chi connectivity index (χ0v) is 19.7. The molecule has 7 nitrogen and oxygen atoms in total. The molecular weight excluding hydrogens is 494 g/mol. The first-order valence-electron chi connectivity index (χ1n) is 9.71. The van der Waals surface area contributed by atoms with E-state index in [9.17, 15) is 18.0 Å². The van der Waals surface area contributed by atoms with Gasteiger partial charge < -0.3 is 10.6 Å². The highest BCUT2D eigenvalue weighted by molar-refractivity contribution is 9.10. The maximum Gasteiger partial charge on any atom is 0.243 e. The van der Waals surface area contributed by atoms with Crippen molar-refractivity contribution in [3.8, 4) is 0 Å². The van der Waals surface area contributed by atoms with Crippen molar-refractivity contribution in [3.05, 3.63) is 88.9 Å². The van der Waals surface area contributed by atoms with Gasteiger partial charge in [0.15, 0.2) is 0 Å². The molecule has 0 saturated heterocycles. The monoisotopic (exact) mass is 515 g/mol. The van der Waals surface area contributed by atoms with E-state index in [2.05, 4.69) is 26.6 Å². The van der Waals surface area contributed by atoms with Crippen molar-refractivity contribution in [2.75, 3.05) is 17.2 Å². The Morgan fingerprint density at radius 1 is 0.844 bits per heavy atom. The summed E-state index contributed by atoms with van der Waals surface area (Å²) in [6.45, 7) is 1.09. The summed E-state index contributed by atoms with van der Waals surface area (Å²) in [5.74, 6) is -0.676. The number of nitrogens with zero attached hydrogens (tertiary/aromatic N) is 1. The molecule has 0 radical (unpaired) electrons. The maximum absolute atomic E-state index is 13.3. The first kappa shape index (κ1) is 23.6. The lowest BCUT2D eigenvalue weighted by molar-refractivity contribution is -0.116. The van der Waals surface area contributed by atoms with Crippen LogP contribution in [0, 0.1) is 0 Å². The SMILES string of the molecule is CC(=O)Nc1ccc(NC(=O)CN(Cc2ccccc2)S(=O)(=O)c2ccc(Br)cc2)cc1. The van der Waals surface area contributed by atoms with Crippen LogP contribution in [0.2, 0.25) is 0 Å². The summed E-state index contributed by atoms with van der Waals surface area (Å²) in [6, 6.07) is 21.9. The average molecular weight is 516 g/mol. The number of sulfonamides is 1. The number of hydrogen-bond acceptors (Lipinski definition) is 4. The lowest BCUT2D eigenvalue weighted by Crippen LogP contribution is -2.37. The van der Waals surface area contributed by atoms with E-state index in [-0.39, 0.29) is 23.9 Å². The summed E-state index contributed by atoms with van der Waals surface area (Å²) in [7, 11) is -3.92. The van der Waals surface area contributed by atoms with E-state index in [1.54, 1.807) is 36.4 Å². The molecule has 0 spiro atoms. The van der Waals surface area contributed by atoms with Crippen LogP contribution >= 0.6 is 15.9 Å². The second-order valence-corrected chi connectivity index (χ2v) is 9.87. The molecule has 0 aliphatic carbocycles. The first-order chi connectivity index (χ1) is 15.2. The van der Waals surface area contributed by atoms with Crippen LogP contribution < -0.4 is 10.6 Å². The molecule has 0 aromatic heterocycles. The number of anilines is 2. The Labute approximate surface area is 195 Å². The third-order valence-corrected chi connectivity index (χ3v) is 6.80. The molecule has 0 saturated carbocycles. The van der Waals surface area contributed by atoms with Gasteiger partial charge in [-0.25, -0.2) is 8.42 Å². The van der Waals surface area contributed by atoms with E-state index in [0.29, 0.717) is 11.4 Å². The highest BCUT2D eigenvalue weighted by Gasteiger charge is 2.27. The number of carbonyl (C=O) groups excluding carboxylic acids is 2. The van der Waals surface area contributed by atoms with E-state index in [1.165, 1.54) is 19.1 Å². The summed E-state index contributed by atoms with van der Waals surface area (Å²) in [4.78, 5) is 23.9. The minimum absolute atomic E-state index is 0.0497. The normalized spacial score (nSPS) is 11.2. The van der Waals surface area contributed by atoms with Crippen molar-refractivity contribution in [1.82, 2.24) is 4.31 Å². The summed E-state index contributed by atoms with van der Waals surface area (Å²) < 4.78 is 28.4. The van der Waals surface area contributed by atoms with Crippen molar-refractivity contribution in [3.63, 3.8) is 0 Å². The molecule has 0 atom stereocenters. The van der Waals surface area contributed by atoms with Crippen molar-refractivity contribution in [1.29, 1.82) is 0 Å². The number of halogens is 1. The largest absolute Gasteiger partial charge is 0.326 e. The van der Waals surface area contributed by atoms with E-state index in [4.69, 9.17) is 0 Å². The van der Waals surface area contributed by atoms with Crippen LogP contribution in [0.15, 0.2) is 88.2 Å². The number of nitrogens with one attached hydrogen (secondary N) is 2. The maximum atomic E-state index is 13.3. The third-order valence-electron chi connectivity index (χ3n) is 4.46. The minimum Gasteiger partial charge on any atom is -0.326 e. The predicted octanol–water partition coefficient (Wildman–Crippen LogP) is 4.24. The zero-order chi connectivity index (χ0) is 23.1. The Bertz CT molecular complexity index is 1180. The van der Waals surface area contributed by atoms with Gasteiger partial charge in [-0.15, -0.1) is 0 Å². The molecule has 0 aliphatic rings. The van der Waals surface area contributed by atoms with Gasteiger partial charge in [0, 0.05) is 29.3 Å². The van der Waals surface area contributed by atoms with Gasteiger partial charge in [0.1, 0.15) is 0 Å². The van der Waals surface area contributed by atoms with Crippen molar-refractivity contribution < 1.29 is 18.0 Å². The number of amides is 2. The van der Waals surface area contributed by atoms with E-state index < -0.39 is 15.9 Å². The lowest BCUT2D eigenvalue weighted by Gasteiger charge is -2.22. The highest BCUT2D eigenvalue weighted by Crippen LogP contribution is 2.21. The van der Waals surface area contributed by atoms with Crippen LogP contribution in [0.3, 0.4) is 0 Å². The first-order valence-corrected chi connectivity index (χ1v) is 11.9. The molecule has 3 aromatic rings.